The molecule has 37 heavy (non-hydrogen) atoms. The Hall–Kier alpha value is -5.01. The maximum Gasteiger partial charge on any atom is 0.337 e. The predicted molar refractivity (Wildman–Crippen MR) is 135 cm³/mol. The summed E-state index contributed by atoms with van der Waals surface area (Å²) in [5.41, 5.74) is 1.14. The summed E-state index contributed by atoms with van der Waals surface area (Å²) >= 11 is 0. The fourth-order valence-electron chi connectivity index (χ4n) is 3.38. The van der Waals surface area contributed by atoms with Crippen LogP contribution in [0.2, 0.25) is 0 Å². The highest BCUT2D eigenvalue weighted by Crippen LogP contribution is 2.26. The van der Waals surface area contributed by atoms with Crippen LogP contribution in [0.1, 0.15) is 15.9 Å². The Morgan fingerprint density at radius 3 is 2.16 bits per heavy atom. The fourth-order valence-corrected chi connectivity index (χ4v) is 4.64. The minimum Gasteiger partial charge on any atom is -0.478 e. The predicted octanol–water partition coefficient (Wildman–Crippen LogP) is 5.14. The molecule has 0 spiro atoms. The van der Waals surface area contributed by atoms with Crippen molar-refractivity contribution in [1.82, 2.24) is 4.98 Å². The van der Waals surface area contributed by atoms with E-state index in [0.29, 0.717) is 17.0 Å². The van der Waals surface area contributed by atoms with Crippen molar-refractivity contribution in [3.8, 4) is 11.6 Å². The summed E-state index contributed by atoms with van der Waals surface area (Å²) in [4.78, 5) is 31.2. The highest BCUT2D eigenvalue weighted by molar-refractivity contribution is 7.91. The first kappa shape index (κ1) is 25.1. The monoisotopic (exact) mass is 513 g/mol. The van der Waals surface area contributed by atoms with E-state index in [1.165, 1.54) is 66.9 Å². The average molecular weight is 514 g/mol. The molecule has 4 aromatic rings. The molecule has 0 aliphatic rings. The SMILES string of the molecule is [C-]#[N+]c1ccc(S(=O)(=O)c2ccc(Oc3ccc(CC(=O)Nc4ccccc4C(=O)O)cn3)cc2)cc1. The van der Waals surface area contributed by atoms with Crippen LogP contribution in [0.5, 0.6) is 11.6 Å². The van der Waals surface area contributed by atoms with E-state index in [1.54, 1.807) is 24.3 Å². The van der Waals surface area contributed by atoms with Crippen molar-refractivity contribution in [2.45, 2.75) is 16.2 Å². The Kier molecular flexibility index (Phi) is 7.27. The lowest BCUT2D eigenvalue weighted by molar-refractivity contribution is -0.115. The minimum atomic E-state index is -3.75. The number of sulfone groups is 1. The van der Waals surface area contributed by atoms with Gasteiger partial charge in [0.25, 0.3) is 0 Å². The molecule has 0 radical (unpaired) electrons. The molecule has 1 amide bonds. The van der Waals surface area contributed by atoms with Gasteiger partial charge >= 0.3 is 5.97 Å². The van der Waals surface area contributed by atoms with Crippen molar-refractivity contribution < 1.29 is 27.9 Å². The van der Waals surface area contributed by atoms with Crippen molar-refractivity contribution in [3.63, 3.8) is 0 Å². The number of nitrogens with one attached hydrogen (secondary N) is 1. The molecular weight excluding hydrogens is 494 g/mol. The molecule has 3 aromatic carbocycles. The van der Waals surface area contributed by atoms with Crippen LogP contribution < -0.4 is 10.1 Å². The molecule has 1 aromatic heterocycles. The Bertz CT molecular complexity index is 1590. The number of nitrogens with zero attached hydrogens (tertiary/aromatic N) is 2. The Morgan fingerprint density at radius 1 is 0.919 bits per heavy atom. The van der Waals surface area contributed by atoms with E-state index in [4.69, 9.17) is 11.3 Å². The van der Waals surface area contributed by atoms with Gasteiger partial charge in [0.15, 0.2) is 5.69 Å². The van der Waals surface area contributed by atoms with E-state index in [-0.39, 0.29) is 33.3 Å². The Labute approximate surface area is 212 Å². The molecule has 9 nitrogen and oxygen atoms in total. The largest absolute Gasteiger partial charge is 0.478 e. The van der Waals surface area contributed by atoms with Gasteiger partial charge in [-0.2, -0.15) is 0 Å². The number of ether oxygens (including phenoxy) is 1. The molecule has 0 saturated heterocycles. The highest BCUT2D eigenvalue weighted by Gasteiger charge is 2.18. The third kappa shape index (κ3) is 5.98. The zero-order valence-electron chi connectivity index (χ0n) is 19.2. The average Bonchev–Trinajstić information content (AvgIpc) is 2.90. The number of hydrogen-bond acceptors (Lipinski definition) is 6. The summed E-state index contributed by atoms with van der Waals surface area (Å²) in [6.45, 7) is 6.97. The number of carbonyl (C=O) groups excluding carboxylic acids is 1. The van der Waals surface area contributed by atoms with E-state index >= 15 is 0 Å². The van der Waals surface area contributed by atoms with E-state index in [9.17, 15) is 23.1 Å². The molecular formula is C27H19N3O6S. The number of aromatic nitrogens is 1. The number of benzene rings is 3. The first-order valence-electron chi connectivity index (χ1n) is 10.8. The molecule has 0 bridgehead atoms. The van der Waals surface area contributed by atoms with Gasteiger partial charge in [0.1, 0.15) is 5.75 Å². The molecule has 0 aliphatic carbocycles. The quantitative estimate of drug-likeness (QED) is 0.313. The molecule has 1 heterocycles. The number of aromatic carboxylic acids is 1. The van der Waals surface area contributed by atoms with Crippen LogP contribution in [0, 0.1) is 6.57 Å². The van der Waals surface area contributed by atoms with Gasteiger partial charge in [-0.25, -0.2) is 23.0 Å². The number of carbonyl (C=O) groups is 2. The molecule has 0 unspecified atom stereocenters. The van der Waals surface area contributed by atoms with Gasteiger partial charge in [-0.1, -0.05) is 42.5 Å². The van der Waals surface area contributed by atoms with Crippen molar-refractivity contribution in [3.05, 3.63) is 114 Å². The zero-order valence-corrected chi connectivity index (χ0v) is 20.0. The van der Waals surface area contributed by atoms with Gasteiger partial charge in [0, 0.05) is 12.3 Å². The molecule has 2 N–H and O–H groups in total. The van der Waals surface area contributed by atoms with E-state index in [2.05, 4.69) is 15.1 Å². The van der Waals surface area contributed by atoms with Gasteiger partial charge < -0.3 is 15.2 Å². The van der Waals surface area contributed by atoms with Gasteiger partial charge in [-0.3, -0.25) is 4.79 Å². The zero-order chi connectivity index (χ0) is 26.4. The van der Waals surface area contributed by atoms with Crippen LogP contribution in [-0.2, 0) is 21.1 Å². The Balaban J connectivity index is 1.38. The van der Waals surface area contributed by atoms with Crippen LogP contribution >= 0.6 is 0 Å². The fraction of sp³-hybridized carbons (Fsp3) is 0.0370. The molecule has 184 valence electrons. The minimum absolute atomic E-state index is 0.00505. The second-order valence-corrected chi connectivity index (χ2v) is 9.71. The lowest BCUT2D eigenvalue weighted by Crippen LogP contribution is -2.16. The number of carboxylic acid groups (broad SMARTS) is 1. The first-order valence-corrected chi connectivity index (χ1v) is 12.3. The number of rotatable bonds is 8. The van der Waals surface area contributed by atoms with E-state index < -0.39 is 21.7 Å². The summed E-state index contributed by atoms with van der Waals surface area (Å²) in [6.07, 6.45) is 1.44. The van der Waals surface area contributed by atoms with Crippen LogP contribution in [0.4, 0.5) is 11.4 Å². The summed E-state index contributed by atoms with van der Waals surface area (Å²) in [7, 11) is -3.75. The third-order valence-electron chi connectivity index (χ3n) is 5.23. The second kappa shape index (κ2) is 10.7. The third-order valence-corrected chi connectivity index (χ3v) is 7.01. The van der Waals surface area contributed by atoms with Gasteiger partial charge in [-0.15, -0.1) is 0 Å². The van der Waals surface area contributed by atoms with Crippen LogP contribution in [0.3, 0.4) is 0 Å². The van der Waals surface area contributed by atoms with Gasteiger partial charge in [0.2, 0.25) is 21.6 Å². The topological polar surface area (TPSA) is 127 Å². The Morgan fingerprint density at radius 2 is 1.57 bits per heavy atom. The maximum atomic E-state index is 12.8. The van der Waals surface area contributed by atoms with Crippen molar-refractivity contribution >= 4 is 33.1 Å². The molecule has 0 aliphatic heterocycles. The normalized spacial score (nSPS) is 10.8. The number of para-hydroxylation sites is 1. The second-order valence-electron chi connectivity index (χ2n) is 7.76. The molecule has 0 saturated carbocycles. The molecule has 4 rings (SSSR count). The lowest BCUT2D eigenvalue weighted by atomic mass is 10.1. The molecule has 10 heteroatoms. The number of hydrogen-bond donors (Lipinski definition) is 2. The smallest absolute Gasteiger partial charge is 0.337 e. The van der Waals surface area contributed by atoms with E-state index in [1.807, 2.05) is 0 Å². The van der Waals surface area contributed by atoms with Gasteiger partial charge in [-0.05, 0) is 42.0 Å². The van der Waals surface area contributed by atoms with Crippen LogP contribution in [0.25, 0.3) is 4.85 Å². The summed E-state index contributed by atoms with van der Waals surface area (Å²) in [6, 6.07) is 20.9. The first-order chi connectivity index (χ1) is 17.8. The molecule has 0 atom stereocenters. The van der Waals surface area contributed by atoms with Crippen LogP contribution in [-0.4, -0.2) is 30.4 Å². The van der Waals surface area contributed by atoms with Crippen LogP contribution in [0.15, 0.2) is 101 Å². The van der Waals surface area contributed by atoms with Crippen molar-refractivity contribution in [2.24, 2.45) is 0 Å². The standard InChI is InChI=1S/C27H19N3O6S/c1-28-19-7-11-21(12-8-19)37(34,35)22-13-9-20(10-14-22)36-26-15-6-18(17-29-26)16-25(31)30-24-5-3-2-4-23(24)27(32)33/h2-15,17H,16H2,(H,30,31)(H,32,33). The summed E-state index contributed by atoms with van der Waals surface area (Å²) in [5, 5.41) is 11.8. The lowest BCUT2D eigenvalue weighted by Gasteiger charge is -2.09. The number of anilines is 1. The number of carboxylic acids is 1. The summed E-state index contributed by atoms with van der Waals surface area (Å²) in [5.74, 6) is -0.930. The number of amides is 1. The molecule has 0 fully saturated rings. The number of pyridine rings is 1. The van der Waals surface area contributed by atoms with Crippen molar-refractivity contribution in [2.75, 3.05) is 5.32 Å². The summed E-state index contributed by atoms with van der Waals surface area (Å²) < 4.78 is 31.3. The maximum absolute atomic E-state index is 12.8. The highest BCUT2D eigenvalue weighted by atomic mass is 32.2. The van der Waals surface area contributed by atoms with Gasteiger partial charge in [0.05, 0.1) is 34.0 Å². The van der Waals surface area contributed by atoms with E-state index in [0.717, 1.165) is 0 Å². The van der Waals surface area contributed by atoms with Crippen molar-refractivity contribution in [1.29, 1.82) is 0 Å².